The van der Waals surface area contributed by atoms with Gasteiger partial charge < -0.3 is 4.90 Å². The predicted molar refractivity (Wildman–Crippen MR) is 243 cm³/mol. The van der Waals surface area contributed by atoms with E-state index in [9.17, 15) is 11.0 Å². The average Bonchev–Trinajstić information content (AvgIpc) is 3.35. The molecule has 0 aliphatic carbocycles. The zero-order chi connectivity index (χ0) is 44.9. The van der Waals surface area contributed by atoms with Gasteiger partial charge in [-0.2, -0.15) is 0 Å². The largest absolute Gasteiger partial charge is 0.310 e. The van der Waals surface area contributed by atoms with E-state index in [1.165, 1.54) is 4.90 Å². The predicted octanol–water partition coefficient (Wildman–Crippen LogP) is 15.8. The molecule has 10 rings (SSSR count). The molecule has 0 aromatic heterocycles. The molecule has 57 heavy (non-hydrogen) atoms. The van der Waals surface area contributed by atoms with Crippen molar-refractivity contribution in [3.63, 3.8) is 0 Å². The molecule has 0 heterocycles. The molecule has 10 aromatic rings. The summed E-state index contributed by atoms with van der Waals surface area (Å²) in [7, 11) is 0. The Hall–Kier alpha value is -7.48. The van der Waals surface area contributed by atoms with Crippen LogP contribution in [0.15, 0.2) is 236 Å². The second-order valence-corrected chi connectivity index (χ2v) is 13.8. The van der Waals surface area contributed by atoms with Crippen molar-refractivity contribution in [3.05, 3.63) is 236 Å². The number of fused-ring (bicyclic) bond motifs is 2. The fourth-order valence-electron chi connectivity index (χ4n) is 7.78. The lowest BCUT2D eigenvalue weighted by Gasteiger charge is -2.30. The Morgan fingerprint density at radius 3 is 1.21 bits per heavy atom. The van der Waals surface area contributed by atoms with Gasteiger partial charge in [-0.3, -0.25) is 0 Å². The molecule has 0 aliphatic rings. The summed E-state index contributed by atoms with van der Waals surface area (Å²) in [4.78, 5) is 1.44. The molecule has 0 spiro atoms. The van der Waals surface area contributed by atoms with E-state index in [2.05, 4.69) is 0 Å². The van der Waals surface area contributed by atoms with Crippen LogP contribution in [0.3, 0.4) is 0 Å². The first-order valence-corrected chi connectivity index (χ1v) is 19.0. The van der Waals surface area contributed by atoms with Crippen molar-refractivity contribution < 1.29 is 11.0 Å². The Morgan fingerprint density at radius 1 is 0.281 bits per heavy atom. The summed E-state index contributed by atoms with van der Waals surface area (Å²) in [6.45, 7) is 0. The highest BCUT2D eigenvalue weighted by molar-refractivity contribution is 6.02. The average molecular weight is 734 g/mol. The van der Waals surface area contributed by atoms with Gasteiger partial charge >= 0.3 is 0 Å². The second-order valence-electron chi connectivity index (χ2n) is 13.8. The third kappa shape index (κ3) is 6.46. The summed E-state index contributed by atoms with van der Waals surface area (Å²) in [6, 6.07) is 56.7. The molecule has 0 amide bonds. The lowest BCUT2D eigenvalue weighted by atomic mass is 9.87. The molecular formula is C56H39N. The maximum atomic E-state index is 9.90. The molecule has 0 fully saturated rings. The van der Waals surface area contributed by atoms with Crippen molar-refractivity contribution in [1.29, 1.82) is 0 Å². The molecule has 0 saturated carbocycles. The molecule has 0 aliphatic heterocycles. The summed E-state index contributed by atoms with van der Waals surface area (Å²) in [6.07, 6.45) is 0. The lowest BCUT2D eigenvalue weighted by Crippen LogP contribution is -2.12. The first kappa shape index (κ1) is 26.3. The van der Waals surface area contributed by atoms with Gasteiger partial charge in [-0.15, -0.1) is 0 Å². The van der Waals surface area contributed by atoms with Gasteiger partial charge in [0.1, 0.15) is 0 Å². The van der Waals surface area contributed by atoms with Gasteiger partial charge in [-0.05, 0) is 102 Å². The minimum atomic E-state index is -0.406. The number of hydrogen-bond donors (Lipinski definition) is 0. The van der Waals surface area contributed by atoms with Crippen LogP contribution < -0.4 is 4.90 Å². The zero-order valence-corrected chi connectivity index (χ0v) is 30.8. The van der Waals surface area contributed by atoms with E-state index in [1.807, 2.05) is 170 Å². The third-order valence-electron chi connectivity index (χ3n) is 10.4. The van der Waals surface area contributed by atoms with Crippen molar-refractivity contribution in [1.82, 2.24) is 0 Å². The van der Waals surface area contributed by atoms with Crippen LogP contribution in [0.25, 0.3) is 77.2 Å². The van der Waals surface area contributed by atoms with E-state index in [4.69, 9.17) is 0 Å². The van der Waals surface area contributed by atoms with Crippen molar-refractivity contribution in [2.75, 3.05) is 4.90 Å². The third-order valence-corrected chi connectivity index (χ3v) is 10.4. The van der Waals surface area contributed by atoms with E-state index in [0.29, 0.717) is 22.4 Å². The van der Waals surface area contributed by atoms with Crippen molar-refractivity contribution in [3.8, 4) is 55.6 Å². The van der Waals surface area contributed by atoms with Crippen LogP contribution in [-0.4, -0.2) is 0 Å². The fourth-order valence-corrected chi connectivity index (χ4v) is 7.78. The van der Waals surface area contributed by atoms with Crippen molar-refractivity contribution in [2.45, 2.75) is 0 Å². The summed E-state index contributed by atoms with van der Waals surface area (Å²) >= 11 is 0. The SMILES string of the molecule is [2H]c1c([2H])c(N(c2cccc(-c3ccccc3)c2-c2ccccc2-c2ccccc2)c2c([2H])c([2H])c(-c3cccc4ccccc34)c([2H])c2[2H])c([2H])c([2H])c1-c1cccc2ccccc12. The second kappa shape index (κ2) is 15.0. The van der Waals surface area contributed by atoms with Crippen LogP contribution in [0.5, 0.6) is 0 Å². The van der Waals surface area contributed by atoms with Crippen LogP contribution in [0.4, 0.5) is 17.1 Å². The molecule has 0 radical (unpaired) electrons. The number of nitrogens with zero attached hydrogens (tertiary/aromatic N) is 1. The lowest BCUT2D eigenvalue weighted by molar-refractivity contribution is 1.28. The summed E-state index contributed by atoms with van der Waals surface area (Å²) in [5, 5.41) is 3.28. The minimum absolute atomic E-state index is 0.110. The highest BCUT2D eigenvalue weighted by atomic mass is 15.1. The molecule has 10 aromatic carbocycles. The normalized spacial score (nSPS) is 13.1. The van der Waals surface area contributed by atoms with E-state index < -0.39 is 24.2 Å². The topological polar surface area (TPSA) is 3.24 Å². The number of anilines is 3. The summed E-state index contributed by atoms with van der Waals surface area (Å²) in [5.41, 5.74) is 6.00. The molecule has 0 atom stereocenters. The molecule has 1 nitrogen and oxygen atoms in total. The fraction of sp³-hybridized carbons (Fsp3) is 0. The van der Waals surface area contributed by atoms with Gasteiger partial charge in [0.2, 0.25) is 0 Å². The van der Waals surface area contributed by atoms with Crippen molar-refractivity contribution >= 4 is 38.6 Å². The standard InChI is InChI=1S/C56H39N/c1-3-16-40(17-4-1)52-26-11-12-27-54(52)56-53(43-18-5-2-6-19-43)30-15-31-55(56)57(46-36-32-44(33-37-46)50-28-13-22-41-20-7-9-24-48(41)50)47-38-34-45(35-39-47)51-29-14-23-42-21-8-10-25-49(42)51/h1-39H/i32D,33D,34D,35D,36D,37D,38D,39D. The van der Waals surface area contributed by atoms with Gasteiger partial charge in [-0.25, -0.2) is 0 Å². The molecule has 1 heteroatoms. The Bertz CT molecular complexity index is 3260. The highest BCUT2D eigenvalue weighted by Crippen LogP contribution is 2.48. The number of hydrogen-bond acceptors (Lipinski definition) is 1. The first-order valence-electron chi connectivity index (χ1n) is 23.0. The van der Waals surface area contributed by atoms with Gasteiger partial charge in [0.25, 0.3) is 0 Å². The first-order chi connectivity index (χ1) is 31.7. The Kier molecular flexibility index (Phi) is 6.92. The summed E-state index contributed by atoms with van der Waals surface area (Å²) < 4.78 is 78.3. The maximum Gasteiger partial charge on any atom is 0.0645 e. The van der Waals surface area contributed by atoms with Crippen LogP contribution in [0.1, 0.15) is 11.0 Å². The van der Waals surface area contributed by atoms with Gasteiger partial charge in [-0.1, -0.05) is 206 Å². The van der Waals surface area contributed by atoms with Crippen LogP contribution >= 0.6 is 0 Å². The van der Waals surface area contributed by atoms with Crippen LogP contribution in [0, 0.1) is 0 Å². The van der Waals surface area contributed by atoms with E-state index in [0.717, 1.165) is 49.4 Å². The van der Waals surface area contributed by atoms with Gasteiger partial charge in [0.15, 0.2) is 0 Å². The number of rotatable bonds is 8. The zero-order valence-electron chi connectivity index (χ0n) is 38.8. The molecule has 0 unspecified atom stereocenters. The van der Waals surface area contributed by atoms with Gasteiger partial charge in [0.05, 0.1) is 16.7 Å². The molecule has 268 valence electrons. The number of benzene rings is 10. The molecule has 0 saturated heterocycles. The van der Waals surface area contributed by atoms with E-state index in [1.54, 1.807) is 18.2 Å². The smallest absolute Gasteiger partial charge is 0.0645 e. The van der Waals surface area contributed by atoms with Crippen LogP contribution in [-0.2, 0) is 0 Å². The molecule has 0 N–H and O–H groups in total. The van der Waals surface area contributed by atoms with E-state index >= 15 is 0 Å². The maximum absolute atomic E-state index is 9.90. The molecular weight excluding hydrogens is 687 g/mol. The highest BCUT2D eigenvalue weighted by Gasteiger charge is 2.23. The Labute approximate surface area is 345 Å². The minimum Gasteiger partial charge on any atom is -0.310 e. The van der Waals surface area contributed by atoms with Crippen molar-refractivity contribution in [2.24, 2.45) is 0 Å². The quantitative estimate of drug-likeness (QED) is 0.150. The molecule has 0 bridgehead atoms. The van der Waals surface area contributed by atoms with Gasteiger partial charge in [0, 0.05) is 16.9 Å². The monoisotopic (exact) mass is 733 g/mol. The Morgan fingerprint density at radius 2 is 0.667 bits per heavy atom. The summed E-state index contributed by atoms with van der Waals surface area (Å²) in [5.74, 6) is 0. The van der Waals surface area contributed by atoms with Crippen LogP contribution in [0.2, 0.25) is 0 Å². The van der Waals surface area contributed by atoms with E-state index in [-0.39, 0.29) is 46.7 Å². The Balaban J connectivity index is 1.34.